The van der Waals surface area contributed by atoms with Crippen LogP contribution in [0.5, 0.6) is 0 Å². The van der Waals surface area contributed by atoms with Crippen molar-refractivity contribution >= 4 is 51.8 Å². The molecule has 0 aromatic heterocycles. The van der Waals surface area contributed by atoms with Gasteiger partial charge in [0.05, 0.1) is 0 Å². The standard InChI is InChI=1S/C18H29BrN4O.HI/c1-4-14(10-15-8-7-9-16(19)11-15)12-22-18(21-6-3)23-13-17(24)20-5-2;/h7-9,11,14H,4-6,10,12-13H2,1-3H3,(H,20,24)(H2,21,22,23);1H. The number of benzene rings is 1. The van der Waals surface area contributed by atoms with Gasteiger partial charge in [-0.2, -0.15) is 0 Å². The van der Waals surface area contributed by atoms with E-state index in [-0.39, 0.29) is 36.4 Å². The first kappa shape index (κ1) is 24.2. The molecule has 1 amide bonds. The minimum Gasteiger partial charge on any atom is -0.357 e. The highest BCUT2D eigenvalue weighted by atomic mass is 127. The molecule has 0 aliphatic rings. The molecule has 142 valence electrons. The first-order chi connectivity index (χ1) is 11.6. The van der Waals surface area contributed by atoms with Crippen molar-refractivity contribution in [2.75, 3.05) is 26.2 Å². The Balaban J connectivity index is 0.00000576. The molecule has 0 spiro atoms. The number of hydrogen-bond donors (Lipinski definition) is 3. The molecular formula is C18H30BrIN4O. The lowest BCUT2D eigenvalue weighted by Gasteiger charge is -2.18. The van der Waals surface area contributed by atoms with Crippen LogP contribution in [0.2, 0.25) is 0 Å². The molecule has 1 atom stereocenters. The van der Waals surface area contributed by atoms with Crippen molar-refractivity contribution in [3.63, 3.8) is 0 Å². The summed E-state index contributed by atoms with van der Waals surface area (Å²) in [6.07, 6.45) is 2.09. The fourth-order valence-electron chi connectivity index (χ4n) is 2.34. The van der Waals surface area contributed by atoms with E-state index in [2.05, 4.69) is 62.0 Å². The first-order valence-corrected chi connectivity index (χ1v) is 9.41. The Labute approximate surface area is 177 Å². The number of rotatable bonds is 9. The number of aliphatic imine (C=N–C) groups is 1. The van der Waals surface area contributed by atoms with Crippen LogP contribution in [0.1, 0.15) is 32.8 Å². The van der Waals surface area contributed by atoms with Gasteiger partial charge in [0.1, 0.15) is 6.54 Å². The van der Waals surface area contributed by atoms with Crippen molar-refractivity contribution in [2.45, 2.75) is 33.6 Å². The molecule has 1 aromatic carbocycles. The summed E-state index contributed by atoms with van der Waals surface area (Å²) in [5, 5.41) is 9.29. The van der Waals surface area contributed by atoms with Crippen molar-refractivity contribution < 1.29 is 4.79 Å². The van der Waals surface area contributed by atoms with Gasteiger partial charge in [-0.05, 0) is 43.9 Å². The minimum atomic E-state index is -0.0594. The lowest BCUT2D eigenvalue weighted by molar-refractivity contribution is -0.119. The van der Waals surface area contributed by atoms with E-state index in [4.69, 9.17) is 0 Å². The highest BCUT2D eigenvalue weighted by Crippen LogP contribution is 2.16. The Morgan fingerprint density at radius 2 is 1.88 bits per heavy atom. The highest BCUT2D eigenvalue weighted by molar-refractivity contribution is 14.0. The van der Waals surface area contributed by atoms with Crippen molar-refractivity contribution in [3.8, 4) is 0 Å². The van der Waals surface area contributed by atoms with Gasteiger partial charge in [0.2, 0.25) is 5.91 Å². The Kier molecular flexibility index (Phi) is 13.9. The summed E-state index contributed by atoms with van der Waals surface area (Å²) in [7, 11) is 0. The van der Waals surface area contributed by atoms with Gasteiger partial charge < -0.3 is 16.0 Å². The Hall–Kier alpha value is -0.830. The normalized spacial score (nSPS) is 12.1. The van der Waals surface area contributed by atoms with Crippen molar-refractivity contribution in [1.82, 2.24) is 16.0 Å². The Bertz CT molecular complexity index is 540. The fourth-order valence-corrected chi connectivity index (χ4v) is 2.79. The zero-order chi connectivity index (χ0) is 17.8. The summed E-state index contributed by atoms with van der Waals surface area (Å²) < 4.78 is 1.11. The second-order valence-corrected chi connectivity index (χ2v) is 6.55. The van der Waals surface area contributed by atoms with Crippen LogP contribution in [0.4, 0.5) is 0 Å². The van der Waals surface area contributed by atoms with Crippen LogP contribution in [0.15, 0.2) is 33.7 Å². The molecule has 0 saturated heterocycles. The Morgan fingerprint density at radius 3 is 2.48 bits per heavy atom. The van der Waals surface area contributed by atoms with E-state index < -0.39 is 0 Å². The highest BCUT2D eigenvalue weighted by Gasteiger charge is 2.09. The maximum Gasteiger partial charge on any atom is 0.241 e. The van der Waals surface area contributed by atoms with Gasteiger partial charge in [-0.15, -0.1) is 24.0 Å². The maximum absolute atomic E-state index is 11.5. The molecule has 1 rings (SSSR count). The molecule has 3 N–H and O–H groups in total. The second-order valence-electron chi connectivity index (χ2n) is 5.64. The number of halogens is 2. The fraction of sp³-hybridized carbons (Fsp3) is 0.556. The van der Waals surface area contributed by atoms with Crippen molar-refractivity contribution in [3.05, 3.63) is 34.3 Å². The zero-order valence-electron chi connectivity index (χ0n) is 15.3. The summed E-state index contributed by atoms with van der Waals surface area (Å²) in [5.41, 5.74) is 1.32. The molecule has 0 bridgehead atoms. The lowest BCUT2D eigenvalue weighted by Crippen LogP contribution is -2.41. The number of amides is 1. The quantitative estimate of drug-likeness (QED) is 0.264. The van der Waals surface area contributed by atoms with E-state index in [1.54, 1.807) is 0 Å². The number of nitrogens with zero attached hydrogens (tertiary/aromatic N) is 1. The van der Waals surface area contributed by atoms with E-state index in [9.17, 15) is 4.79 Å². The third-order valence-corrected chi connectivity index (χ3v) is 4.14. The van der Waals surface area contributed by atoms with Crippen LogP contribution < -0.4 is 16.0 Å². The summed E-state index contributed by atoms with van der Waals surface area (Å²) in [4.78, 5) is 15.9. The third kappa shape index (κ3) is 10.7. The van der Waals surface area contributed by atoms with Gasteiger partial charge >= 0.3 is 0 Å². The number of guanidine groups is 1. The molecule has 25 heavy (non-hydrogen) atoms. The molecule has 0 radical (unpaired) electrons. The smallest absolute Gasteiger partial charge is 0.241 e. The van der Waals surface area contributed by atoms with Gasteiger partial charge in [-0.25, -0.2) is 4.99 Å². The van der Waals surface area contributed by atoms with E-state index >= 15 is 0 Å². The average Bonchev–Trinajstić information content (AvgIpc) is 2.56. The largest absolute Gasteiger partial charge is 0.357 e. The predicted molar refractivity (Wildman–Crippen MR) is 120 cm³/mol. The van der Waals surface area contributed by atoms with Crippen LogP contribution in [-0.2, 0) is 11.2 Å². The van der Waals surface area contributed by atoms with Gasteiger partial charge in [0.25, 0.3) is 0 Å². The van der Waals surface area contributed by atoms with Crippen molar-refractivity contribution in [1.29, 1.82) is 0 Å². The number of likely N-dealkylation sites (N-methyl/N-ethyl adjacent to an activating group) is 1. The van der Waals surface area contributed by atoms with E-state index in [0.29, 0.717) is 18.4 Å². The monoisotopic (exact) mass is 524 g/mol. The van der Waals surface area contributed by atoms with E-state index in [0.717, 1.165) is 30.4 Å². The summed E-state index contributed by atoms with van der Waals surface area (Å²) in [5.74, 6) is 1.14. The SMILES string of the molecule is CCNC(=O)CN=C(NCC)NCC(CC)Cc1cccc(Br)c1.I. The van der Waals surface area contributed by atoms with Gasteiger partial charge in [-0.1, -0.05) is 41.4 Å². The van der Waals surface area contributed by atoms with Crippen molar-refractivity contribution in [2.24, 2.45) is 10.9 Å². The minimum absolute atomic E-state index is 0. The Morgan fingerprint density at radius 1 is 1.16 bits per heavy atom. The molecule has 0 saturated carbocycles. The molecule has 0 heterocycles. The number of carbonyl (C=O) groups is 1. The second kappa shape index (κ2) is 14.4. The summed E-state index contributed by atoms with van der Waals surface area (Å²) >= 11 is 3.52. The zero-order valence-corrected chi connectivity index (χ0v) is 19.2. The maximum atomic E-state index is 11.5. The number of hydrogen-bond acceptors (Lipinski definition) is 2. The van der Waals surface area contributed by atoms with E-state index in [1.807, 2.05) is 19.9 Å². The first-order valence-electron chi connectivity index (χ1n) is 8.62. The molecule has 5 nitrogen and oxygen atoms in total. The predicted octanol–water partition coefficient (Wildman–Crippen LogP) is 3.33. The molecule has 0 fully saturated rings. The molecule has 0 aliphatic heterocycles. The topological polar surface area (TPSA) is 65.5 Å². The number of nitrogens with one attached hydrogen (secondary N) is 3. The molecular weight excluding hydrogens is 495 g/mol. The van der Waals surface area contributed by atoms with Gasteiger partial charge in [0.15, 0.2) is 5.96 Å². The van der Waals surface area contributed by atoms with Crippen LogP contribution in [-0.4, -0.2) is 38.0 Å². The van der Waals surface area contributed by atoms with Crippen LogP contribution in [0.25, 0.3) is 0 Å². The van der Waals surface area contributed by atoms with E-state index in [1.165, 1.54) is 5.56 Å². The van der Waals surface area contributed by atoms with Crippen LogP contribution in [0.3, 0.4) is 0 Å². The van der Waals surface area contributed by atoms with Crippen LogP contribution in [0, 0.1) is 5.92 Å². The molecule has 1 aromatic rings. The third-order valence-electron chi connectivity index (χ3n) is 3.65. The lowest BCUT2D eigenvalue weighted by atomic mass is 9.97. The molecule has 1 unspecified atom stereocenters. The van der Waals surface area contributed by atoms with Gasteiger partial charge in [0, 0.05) is 24.1 Å². The molecule has 0 aliphatic carbocycles. The number of carbonyl (C=O) groups excluding carboxylic acids is 1. The van der Waals surface area contributed by atoms with Gasteiger partial charge in [-0.3, -0.25) is 4.79 Å². The average molecular weight is 525 g/mol. The molecule has 7 heteroatoms. The van der Waals surface area contributed by atoms with Crippen LogP contribution >= 0.6 is 39.9 Å². The summed E-state index contributed by atoms with van der Waals surface area (Å²) in [6, 6.07) is 8.43. The summed E-state index contributed by atoms with van der Waals surface area (Å²) in [6.45, 7) is 8.48.